The van der Waals surface area contributed by atoms with Crippen LogP contribution in [0.1, 0.15) is 20.8 Å². The Morgan fingerprint density at radius 2 is 1.79 bits per heavy atom. The highest BCUT2D eigenvalue weighted by Gasteiger charge is 2.23. The molecule has 0 spiro atoms. The fourth-order valence-corrected chi connectivity index (χ4v) is 3.46. The number of nitrogens with zero attached hydrogens (tertiary/aromatic N) is 4. The van der Waals surface area contributed by atoms with Crippen molar-refractivity contribution < 1.29 is 4.79 Å². The van der Waals surface area contributed by atoms with Crippen molar-refractivity contribution in [3.05, 3.63) is 51.9 Å². The van der Waals surface area contributed by atoms with E-state index in [1.165, 1.54) is 4.68 Å². The highest BCUT2D eigenvalue weighted by atomic mass is 35.5. The predicted octanol–water partition coefficient (Wildman–Crippen LogP) is 2.17. The predicted molar refractivity (Wildman–Crippen MR) is 116 cm³/mol. The Bertz CT molecular complexity index is 892. The largest absolute Gasteiger partial charge is 0.366 e. The average Bonchev–Trinajstić information content (AvgIpc) is 2.71. The van der Waals surface area contributed by atoms with Crippen molar-refractivity contribution in [2.75, 3.05) is 37.6 Å². The number of halogens is 1. The van der Waals surface area contributed by atoms with Crippen molar-refractivity contribution >= 4 is 23.2 Å². The molecule has 8 heteroatoms. The Balaban J connectivity index is 1.62. The number of benzene rings is 1. The summed E-state index contributed by atoms with van der Waals surface area (Å²) < 4.78 is 1.31. The molecule has 1 amide bonds. The molecule has 1 saturated heterocycles. The second-order valence-electron chi connectivity index (χ2n) is 7.76. The third kappa shape index (κ3) is 5.16. The van der Waals surface area contributed by atoms with Gasteiger partial charge in [-0.1, -0.05) is 43.6 Å². The van der Waals surface area contributed by atoms with Crippen LogP contribution in [0.25, 0.3) is 5.69 Å². The summed E-state index contributed by atoms with van der Waals surface area (Å²) in [4.78, 5) is 29.1. The van der Waals surface area contributed by atoms with Gasteiger partial charge in [0, 0.05) is 32.2 Å². The van der Waals surface area contributed by atoms with Crippen LogP contribution in [0.5, 0.6) is 0 Å². The van der Waals surface area contributed by atoms with E-state index in [1.54, 1.807) is 6.20 Å². The molecule has 1 aromatic carbocycles. The lowest BCUT2D eigenvalue weighted by Gasteiger charge is -2.36. The van der Waals surface area contributed by atoms with Crippen LogP contribution in [0, 0.1) is 5.92 Å². The van der Waals surface area contributed by atoms with Crippen molar-refractivity contribution in [2.24, 2.45) is 5.92 Å². The molecule has 1 N–H and O–H groups in total. The summed E-state index contributed by atoms with van der Waals surface area (Å²) in [7, 11) is 0. The molecule has 0 unspecified atom stereocenters. The summed E-state index contributed by atoms with van der Waals surface area (Å²) in [5, 5.41) is 7.51. The zero-order valence-corrected chi connectivity index (χ0v) is 17.9. The molecule has 29 heavy (non-hydrogen) atoms. The van der Waals surface area contributed by atoms with Crippen LogP contribution in [0.3, 0.4) is 0 Å². The third-order valence-corrected chi connectivity index (χ3v) is 5.73. The first-order chi connectivity index (χ1) is 13.9. The van der Waals surface area contributed by atoms with E-state index in [0.29, 0.717) is 36.9 Å². The number of hydrogen-bond donors (Lipinski definition) is 1. The van der Waals surface area contributed by atoms with Gasteiger partial charge in [-0.25, -0.2) is 0 Å². The van der Waals surface area contributed by atoms with Crippen LogP contribution >= 0.6 is 11.6 Å². The Labute approximate surface area is 176 Å². The van der Waals surface area contributed by atoms with Gasteiger partial charge >= 0.3 is 0 Å². The number of piperazine rings is 1. The molecule has 2 heterocycles. The molecule has 1 aromatic heterocycles. The molecule has 0 saturated carbocycles. The van der Waals surface area contributed by atoms with Gasteiger partial charge in [-0.2, -0.15) is 9.78 Å². The first kappa shape index (κ1) is 21.3. The summed E-state index contributed by atoms with van der Waals surface area (Å²) >= 11 is 6.40. The molecule has 0 bridgehead atoms. The van der Waals surface area contributed by atoms with Gasteiger partial charge in [-0.05, 0) is 25.0 Å². The van der Waals surface area contributed by atoms with Gasteiger partial charge in [0.1, 0.15) is 5.02 Å². The van der Waals surface area contributed by atoms with Gasteiger partial charge in [-0.15, -0.1) is 0 Å². The summed E-state index contributed by atoms with van der Waals surface area (Å²) in [5.41, 5.74) is 0.985. The van der Waals surface area contributed by atoms with Gasteiger partial charge in [0.25, 0.3) is 5.56 Å². The highest BCUT2D eigenvalue weighted by Crippen LogP contribution is 2.23. The van der Waals surface area contributed by atoms with E-state index in [0.717, 1.165) is 13.1 Å². The van der Waals surface area contributed by atoms with Crippen LogP contribution in [-0.2, 0) is 4.79 Å². The lowest BCUT2D eigenvalue weighted by Crippen LogP contribution is -2.51. The lowest BCUT2D eigenvalue weighted by molar-refractivity contribution is -0.123. The van der Waals surface area contributed by atoms with Crippen molar-refractivity contribution in [1.29, 1.82) is 0 Å². The second kappa shape index (κ2) is 9.41. The molecule has 1 aliphatic rings. The number of nitrogens with one attached hydrogen (secondary N) is 1. The molecular weight excluding hydrogens is 390 g/mol. The van der Waals surface area contributed by atoms with Crippen LogP contribution in [0.4, 0.5) is 5.69 Å². The average molecular weight is 418 g/mol. The van der Waals surface area contributed by atoms with Crippen molar-refractivity contribution in [1.82, 2.24) is 20.0 Å². The minimum Gasteiger partial charge on any atom is -0.366 e. The molecule has 1 atom stereocenters. The van der Waals surface area contributed by atoms with E-state index in [1.807, 2.05) is 37.3 Å². The van der Waals surface area contributed by atoms with E-state index in [9.17, 15) is 9.59 Å². The van der Waals surface area contributed by atoms with E-state index in [4.69, 9.17) is 11.6 Å². The first-order valence-corrected chi connectivity index (χ1v) is 10.3. The number of hydrogen-bond acceptors (Lipinski definition) is 5. The third-order valence-electron chi connectivity index (χ3n) is 5.37. The zero-order valence-electron chi connectivity index (χ0n) is 17.1. The Morgan fingerprint density at radius 1 is 1.14 bits per heavy atom. The van der Waals surface area contributed by atoms with Crippen molar-refractivity contribution in [2.45, 2.75) is 26.8 Å². The fourth-order valence-electron chi connectivity index (χ4n) is 3.21. The fraction of sp³-hybridized carbons (Fsp3) is 0.476. The summed E-state index contributed by atoms with van der Waals surface area (Å²) in [6.45, 7) is 9.40. The number of aromatic nitrogens is 2. The molecule has 156 valence electrons. The van der Waals surface area contributed by atoms with Gasteiger partial charge in [0.05, 0.1) is 24.1 Å². The quantitative estimate of drug-likeness (QED) is 0.780. The molecule has 7 nitrogen and oxygen atoms in total. The minimum atomic E-state index is -0.333. The van der Waals surface area contributed by atoms with Crippen molar-refractivity contribution in [3.63, 3.8) is 0 Å². The number of carbonyl (C=O) groups is 1. The first-order valence-electron chi connectivity index (χ1n) is 9.96. The standard InChI is InChI=1S/C21H28ClN5O2/c1-15(2)16(3)24-19(28)14-25-9-11-26(12-10-25)18-13-23-27(21(29)20(18)22)17-7-5-4-6-8-17/h4-8,13,15-16H,9-12,14H2,1-3H3,(H,24,28)/t16-/m0/s1. The summed E-state index contributed by atoms with van der Waals surface area (Å²) in [5.74, 6) is 0.452. The maximum absolute atomic E-state index is 12.7. The second-order valence-corrected chi connectivity index (χ2v) is 8.14. The monoisotopic (exact) mass is 417 g/mol. The smallest absolute Gasteiger partial charge is 0.292 e. The SMILES string of the molecule is CC(C)[C@H](C)NC(=O)CN1CCN(c2cnn(-c3ccccc3)c(=O)c2Cl)CC1. The number of amides is 1. The molecule has 2 aromatic rings. The van der Waals surface area contributed by atoms with Crippen LogP contribution < -0.4 is 15.8 Å². The summed E-state index contributed by atoms with van der Waals surface area (Å²) in [6.07, 6.45) is 1.64. The van der Waals surface area contributed by atoms with Gasteiger partial charge in [0.15, 0.2) is 0 Å². The zero-order chi connectivity index (χ0) is 21.0. The highest BCUT2D eigenvalue weighted by molar-refractivity contribution is 6.33. The molecular formula is C21H28ClN5O2. The number of carbonyl (C=O) groups excluding carboxylic acids is 1. The number of para-hydroxylation sites is 1. The van der Waals surface area contributed by atoms with Crippen molar-refractivity contribution in [3.8, 4) is 5.69 Å². The number of rotatable bonds is 6. The Morgan fingerprint density at radius 3 is 2.41 bits per heavy atom. The Kier molecular flexibility index (Phi) is 6.92. The minimum absolute atomic E-state index is 0.0461. The molecule has 1 aliphatic heterocycles. The van der Waals surface area contributed by atoms with E-state index < -0.39 is 0 Å². The maximum Gasteiger partial charge on any atom is 0.292 e. The maximum atomic E-state index is 12.7. The normalized spacial score (nSPS) is 16.1. The Hall–Kier alpha value is -2.38. The van der Waals surface area contributed by atoms with Gasteiger partial charge < -0.3 is 10.2 Å². The van der Waals surface area contributed by atoms with Gasteiger partial charge in [0.2, 0.25) is 5.91 Å². The van der Waals surface area contributed by atoms with Gasteiger partial charge in [-0.3, -0.25) is 14.5 Å². The van der Waals surface area contributed by atoms with Crippen LogP contribution in [0.2, 0.25) is 5.02 Å². The topological polar surface area (TPSA) is 70.5 Å². The summed E-state index contributed by atoms with van der Waals surface area (Å²) in [6, 6.07) is 9.37. The van der Waals surface area contributed by atoms with E-state index in [-0.39, 0.29) is 22.5 Å². The molecule has 0 radical (unpaired) electrons. The van der Waals surface area contributed by atoms with E-state index >= 15 is 0 Å². The van der Waals surface area contributed by atoms with E-state index in [2.05, 4.69) is 34.1 Å². The lowest BCUT2D eigenvalue weighted by atomic mass is 10.1. The molecule has 1 fully saturated rings. The molecule has 3 rings (SSSR count). The van der Waals surface area contributed by atoms with Crippen LogP contribution in [-0.4, -0.2) is 59.4 Å². The van der Waals surface area contributed by atoms with Crippen LogP contribution in [0.15, 0.2) is 41.3 Å². The number of anilines is 1. The molecule has 0 aliphatic carbocycles.